The van der Waals surface area contributed by atoms with Crippen LogP contribution in [0.25, 0.3) is 11.4 Å². The third-order valence-corrected chi connectivity index (χ3v) is 5.05. The summed E-state index contributed by atoms with van der Waals surface area (Å²) in [5.41, 5.74) is 1.09. The Morgan fingerprint density at radius 1 is 1.24 bits per heavy atom. The summed E-state index contributed by atoms with van der Waals surface area (Å²) >= 11 is 1.42. The SMILES string of the molecule is C=CCn1c(SCCC(=O)Nc2ccccc2F)nnc1-c1ccc(OC)cc1. The fraction of sp³-hybridized carbons (Fsp3) is 0.190. The van der Waals surface area contributed by atoms with Gasteiger partial charge < -0.3 is 10.1 Å². The molecule has 1 aromatic heterocycles. The molecule has 6 nitrogen and oxygen atoms in total. The lowest BCUT2D eigenvalue weighted by atomic mass is 10.2. The molecule has 0 radical (unpaired) electrons. The van der Waals surface area contributed by atoms with Crippen molar-refractivity contribution >= 4 is 23.4 Å². The first-order valence-corrected chi connectivity index (χ1v) is 9.96. The topological polar surface area (TPSA) is 69.0 Å². The number of ether oxygens (including phenoxy) is 1. The number of thioether (sulfide) groups is 1. The van der Waals surface area contributed by atoms with E-state index in [0.717, 1.165) is 11.3 Å². The van der Waals surface area contributed by atoms with Gasteiger partial charge in [0.05, 0.1) is 12.8 Å². The molecule has 1 amide bonds. The van der Waals surface area contributed by atoms with Crippen molar-refractivity contribution in [2.75, 3.05) is 18.2 Å². The Morgan fingerprint density at radius 3 is 2.69 bits per heavy atom. The Balaban J connectivity index is 1.64. The highest BCUT2D eigenvalue weighted by molar-refractivity contribution is 7.99. The normalized spacial score (nSPS) is 10.6. The smallest absolute Gasteiger partial charge is 0.225 e. The Kier molecular flexibility index (Phi) is 7.02. The number of methoxy groups -OCH3 is 1. The van der Waals surface area contributed by atoms with Crippen LogP contribution in [0, 0.1) is 5.82 Å². The van der Waals surface area contributed by atoms with Crippen molar-refractivity contribution in [2.24, 2.45) is 0 Å². The zero-order valence-corrected chi connectivity index (χ0v) is 16.8. The van der Waals surface area contributed by atoms with E-state index >= 15 is 0 Å². The molecule has 2 aromatic carbocycles. The molecular weight excluding hydrogens is 391 g/mol. The highest BCUT2D eigenvalue weighted by Crippen LogP contribution is 2.26. The van der Waals surface area contributed by atoms with E-state index in [1.165, 1.54) is 23.9 Å². The first kappa shape index (κ1) is 20.6. The largest absolute Gasteiger partial charge is 0.497 e. The lowest BCUT2D eigenvalue weighted by Gasteiger charge is -2.09. The number of nitrogens with zero attached hydrogens (tertiary/aromatic N) is 3. The zero-order valence-electron chi connectivity index (χ0n) is 16.0. The van der Waals surface area contributed by atoms with Crippen LogP contribution in [0.3, 0.4) is 0 Å². The Bertz CT molecular complexity index is 989. The van der Waals surface area contributed by atoms with E-state index in [2.05, 4.69) is 22.1 Å². The molecule has 29 heavy (non-hydrogen) atoms. The fourth-order valence-electron chi connectivity index (χ4n) is 2.65. The molecule has 0 unspecified atom stereocenters. The van der Waals surface area contributed by atoms with E-state index in [1.54, 1.807) is 25.3 Å². The standard InChI is InChI=1S/C21H21FN4O2S/c1-3-13-26-20(15-8-10-16(28-2)11-9-15)24-25-21(26)29-14-12-19(27)23-18-7-5-4-6-17(18)22/h3-11H,1,12-14H2,2H3,(H,23,27). The van der Waals surface area contributed by atoms with Gasteiger partial charge in [-0.25, -0.2) is 4.39 Å². The minimum Gasteiger partial charge on any atom is -0.497 e. The number of aromatic nitrogens is 3. The molecule has 8 heteroatoms. The number of para-hydroxylation sites is 1. The average Bonchev–Trinajstić information content (AvgIpc) is 3.13. The molecule has 150 valence electrons. The average molecular weight is 412 g/mol. The summed E-state index contributed by atoms with van der Waals surface area (Å²) in [6.07, 6.45) is 1.99. The van der Waals surface area contributed by atoms with Crippen molar-refractivity contribution in [3.63, 3.8) is 0 Å². The van der Waals surface area contributed by atoms with Crippen LogP contribution in [0.1, 0.15) is 6.42 Å². The van der Waals surface area contributed by atoms with Gasteiger partial charge in [-0.1, -0.05) is 30.0 Å². The molecular formula is C21H21FN4O2S. The Hall–Kier alpha value is -3.13. The number of nitrogens with one attached hydrogen (secondary N) is 1. The second-order valence-electron chi connectivity index (χ2n) is 6.06. The minimum absolute atomic E-state index is 0.180. The highest BCUT2D eigenvalue weighted by atomic mass is 32.2. The van der Waals surface area contributed by atoms with Crippen molar-refractivity contribution < 1.29 is 13.9 Å². The molecule has 1 heterocycles. The van der Waals surface area contributed by atoms with Crippen molar-refractivity contribution in [3.8, 4) is 17.1 Å². The van der Waals surface area contributed by atoms with Gasteiger partial charge in [0, 0.05) is 24.3 Å². The second-order valence-corrected chi connectivity index (χ2v) is 7.12. The van der Waals surface area contributed by atoms with Gasteiger partial charge in [0.25, 0.3) is 0 Å². The number of rotatable bonds is 9. The summed E-state index contributed by atoms with van der Waals surface area (Å²) in [6, 6.07) is 13.6. The summed E-state index contributed by atoms with van der Waals surface area (Å²) < 4.78 is 20.8. The van der Waals surface area contributed by atoms with Gasteiger partial charge in [-0.2, -0.15) is 0 Å². The van der Waals surface area contributed by atoms with Gasteiger partial charge in [-0.05, 0) is 36.4 Å². The van der Waals surface area contributed by atoms with Crippen LogP contribution in [0.15, 0.2) is 66.3 Å². The summed E-state index contributed by atoms with van der Waals surface area (Å²) in [7, 11) is 1.62. The van der Waals surface area contributed by atoms with E-state index < -0.39 is 5.82 Å². The number of anilines is 1. The van der Waals surface area contributed by atoms with Crippen molar-refractivity contribution in [3.05, 3.63) is 67.0 Å². The summed E-state index contributed by atoms with van der Waals surface area (Å²) in [6.45, 7) is 4.34. The zero-order chi connectivity index (χ0) is 20.6. The highest BCUT2D eigenvalue weighted by Gasteiger charge is 2.14. The molecule has 0 bridgehead atoms. The maximum Gasteiger partial charge on any atom is 0.225 e. The molecule has 0 aliphatic heterocycles. The third-order valence-electron chi connectivity index (χ3n) is 4.08. The van der Waals surface area contributed by atoms with E-state index in [4.69, 9.17) is 4.74 Å². The van der Waals surface area contributed by atoms with Crippen LogP contribution in [-0.4, -0.2) is 33.5 Å². The minimum atomic E-state index is -0.455. The van der Waals surface area contributed by atoms with Gasteiger partial charge in [0.15, 0.2) is 11.0 Å². The van der Waals surface area contributed by atoms with E-state index in [-0.39, 0.29) is 18.0 Å². The third kappa shape index (κ3) is 5.23. The molecule has 3 rings (SSSR count). The van der Waals surface area contributed by atoms with Crippen LogP contribution >= 0.6 is 11.8 Å². The molecule has 0 saturated heterocycles. The number of hydrogen-bond acceptors (Lipinski definition) is 5. The monoisotopic (exact) mass is 412 g/mol. The van der Waals surface area contributed by atoms with Gasteiger partial charge in [0.1, 0.15) is 11.6 Å². The van der Waals surface area contributed by atoms with Crippen LogP contribution in [0.5, 0.6) is 5.75 Å². The first-order valence-electron chi connectivity index (χ1n) is 8.98. The second kappa shape index (κ2) is 9.88. The lowest BCUT2D eigenvalue weighted by molar-refractivity contribution is -0.115. The number of amides is 1. The van der Waals surface area contributed by atoms with Crippen LogP contribution in [-0.2, 0) is 11.3 Å². The molecule has 0 aliphatic rings. The molecule has 0 fully saturated rings. The molecule has 3 aromatic rings. The van der Waals surface area contributed by atoms with E-state index in [1.807, 2.05) is 28.8 Å². The first-order chi connectivity index (χ1) is 14.1. The molecule has 0 aliphatic carbocycles. The molecule has 0 spiro atoms. The molecule has 0 atom stereocenters. The van der Waals surface area contributed by atoms with Crippen molar-refractivity contribution in [2.45, 2.75) is 18.1 Å². The van der Waals surface area contributed by atoms with Crippen molar-refractivity contribution in [1.82, 2.24) is 14.8 Å². The number of hydrogen-bond donors (Lipinski definition) is 1. The summed E-state index contributed by atoms with van der Waals surface area (Å²) in [4.78, 5) is 12.1. The van der Waals surface area contributed by atoms with Gasteiger partial charge in [-0.15, -0.1) is 16.8 Å². The lowest BCUT2D eigenvalue weighted by Crippen LogP contribution is -2.13. The van der Waals surface area contributed by atoms with Gasteiger partial charge in [0.2, 0.25) is 5.91 Å². The van der Waals surface area contributed by atoms with Crippen LogP contribution < -0.4 is 10.1 Å². The van der Waals surface area contributed by atoms with E-state index in [9.17, 15) is 9.18 Å². The predicted molar refractivity (Wildman–Crippen MR) is 113 cm³/mol. The number of benzene rings is 2. The van der Waals surface area contributed by atoms with Crippen LogP contribution in [0.2, 0.25) is 0 Å². The quantitative estimate of drug-likeness (QED) is 0.417. The number of allylic oxidation sites excluding steroid dienone is 1. The van der Waals surface area contributed by atoms with Crippen molar-refractivity contribution in [1.29, 1.82) is 0 Å². The maximum absolute atomic E-state index is 13.6. The maximum atomic E-state index is 13.6. The predicted octanol–water partition coefficient (Wildman–Crippen LogP) is 4.40. The number of halogens is 1. The van der Waals surface area contributed by atoms with Gasteiger partial charge in [-0.3, -0.25) is 9.36 Å². The number of carbonyl (C=O) groups excluding carboxylic acids is 1. The Morgan fingerprint density at radius 2 is 2.00 bits per heavy atom. The fourth-order valence-corrected chi connectivity index (χ4v) is 3.54. The summed E-state index contributed by atoms with van der Waals surface area (Å²) in [5, 5.41) is 11.8. The van der Waals surface area contributed by atoms with E-state index in [0.29, 0.717) is 23.3 Å². The molecule has 1 N–H and O–H groups in total. The van der Waals surface area contributed by atoms with Gasteiger partial charge >= 0.3 is 0 Å². The molecule has 0 saturated carbocycles. The number of carbonyl (C=O) groups is 1. The Labute approximate surface area is 172 Å². The van der Waals surface area contributed by atoms with Crippen LogP contribution in [0.4, 0.5) is 10.1 Å². The summed E-state index contributed by atoms with van der Waals surface area (Å²) in [5.74, 6) is 1.25.